The third-order valence-electron chi connectivity index (χ3n) is 3.51. The van der Waals surface area contributed by atoms with Gasteiger partial charge in [-0.25, -0.2) is 14.4 Å². The van der Waals surface area contributed by atoms with E-state index in [0.717, 1.165) is 16.9 Å². The molecular weight excluding hydrogens is 360 g/mol. The number of benzene rings is 1. The minimum atomic E-state index is -1.50. The van der Waals surface area contributed by atoms with E-state index < -0.39 is 23.5 Å². The molecule has 2 amide bonds. The number of carbonyl (C=O) groups excluding carboxylic acids is 1. The van der Waals surface area contributed by atoms with E-state index in [1.165, 1.54) is 19.9 Å². The molecule has 8 nitrogen and oxygen atoms in total. The normalized spacial score (nSPS) is 10.9. The minimum absolute atomic E-state index is 0.0564. The van der Waals surface area contributed by atoms with Crippen LogP contribution in [-0.2, 0) is 4.79 Å². The summed E-state index contributed by atoms with van der Waals surface area (Å²) in [5.74, 6) is -1.74. The van der Waals surface area contributed by atoms with Gasteiger partial charge < -0.3 is 25.6 Å². The van der Waals surface area contributed by atoms with Crippen LogP contribution in [0.3, 0.4) is 0 Å². The summed E-state index contributed by atoms with van der Waals surface area (Å²) in [5, 5.41) is 23.1. The molecule has 0 aliphatic carbocycles. The number of aromatic carboxylic acids is 1. The topological polar surface area (TPSA) is 125 Å². The molecule has 0 atom stereocenters. The van der Waals surface area contributed by atoms with Crippen LogP contribution in [-0.4, -0.2) is 40.8 Å². The Balaban J connectivity index is 2.27. The van der Waals surface area contributed by atoms with Crippen LogP contribution in [0.15, 0.2) is 30.3 Å². The maximum atomic E-state index is 12.0. The molecule has 0 aliphatic rings. The summed E-state index contributed by atoms with van der Waals surface area (Å²) in [6.45, 7) is 2.65. The van der Waals surface area contributed by atoms with Crippen LogP contribution in [0.4, 0.5) is 10.5 Å². The van der Waals surface area contributed by atoms with Crippen molar-refractivity contribution in [2.45, 2.75) is 19.4 Å². The number of amides is 2. The van der Waals surface area contributed by atoms with Crippen molar-refractivity contribution >= 4 is 35.0 Å². The fourth-order valence-corrected chi connectivity index (χ4v) is 2.99. The predicted molar refractivity (Wildman–Crippen MR) is 97.1 cm³/mol. The third kappa shape index (κ3) is 4.31. The number of aliphatic carboxylic acids is 1. The largest absolute Gasteiger partial charge is 0.497 e. The quantitative estimate of drug-likeness (QED) is 0.612. The first-order valence-electron chi connectivity index (χ1n) is 7.48. The van der Waals surface area contributed by atoms with Crippen molar-refractivity contribution < 1.29 is 29.3 Å². The highest BCUT2D eigenvalue weighted by Gasteiger charge is 2.29. The van der Waals surface area contributed by atoms with Crippen molar-refractivity contribution in [2.24, 2.45) is 0 Å². The fourth-order valence-electron chi connectivity index (χ4n) is 2.03. The summed E-state index contributed by atoms with van der Waals surface area (Å²) in [6.07, 6.45) is 0. The summed E-state index contributed by atoms with van der Waals surface area (Å²) >= 11 is 1.00. The Morgan fingerprint density at radius 2 is 1.73 bits per heavy atom. The number of ether oxygens (including phenoxy) is 1. The van der Waals surface area contributed by atoms with E-state index in [-0.39, 0.29) is 10.6 Å². The Hall–Kier alpha value is -3.07. The Morgan fingerprint density at radius 3 is 2.23 bits per heavy atom. The molecule has 0 bridgehead atoms. The van der Waals surface area contributed by atoms with Gasteiger partial charge in [-0.05, 0) is 49.7 Å². The Morgan fingerprint density at radius 1 is 1.12 bits per heavy atom. The zero-order valence-corrected chi connectivity index (χ0v) is 15.1. The second-order valence-electron chi connectivity index (χ2n) is 5.90. The van der Waals surface area contributed by atoms with Crippen molar-refractivity contribution in [1.82, 2.24) is 5.32 Å². The number of carbonyl (C=O) groups is 3. The molecule has 0 radical (unpaired) electrons. The number of methoxy groups -OCH3 is 1. The van der Waals surface area contributed by atoms with Crippen LogP contribution < -0.4 is 15.4 Å². The van der Waals surface area contributed by atoms with Gasteiger partial charge in [0.05, 0.1) is 12.8 Å². The standard InChI is InChI=1S/C17H18N2O6S/c1-17(2,15(22)23)19-16(24)18-11-8-12(26-13(11)14(20)21)9-4-6-10(25-3)7-5-9/h4-8H,1-3H3,(H,20,21)(H,22,23)(H2,18,19,24). The van der Waals surface area contributed by atoms with E-state index >= 15 is 0 Å². The van der Waals surface area contributed by atoms with Gasteiger partial charge in [0.15, 0.2) is 0 Å². The SMILES string of the molecule is COc1ccc(-c2cc(NC(=O)NC(C)(C)C(=O)O)c(C(=O)O)s2)cc1. The number of hydrogen-bond donors (Lipinski definition) is 4. The number of anilines is 1. The minimum Gasteiger partial charge on any atom is -0.497 e. The molecule has 0 saturated heterocycles. The second-order valence-corrected chi connectivity index (χ2v) is 6.95. The van der Waals surface area contributed by atoms with Crippen molar-refractivity contribution in [3.05, 3.63) is 35.2 Å². The average Bonchev–Trinajstić information content (AvgIpc) is 2.98. The van der Waals surface area contributed by atoms with E-state index in [4.69, 9.17) is 9.84 Å². The molecule has 1 aromatic carbocycles. The van der Waals surface area contributed by atoms with Gasteiger partial charge in [-0.2, -0.15) is 0 Å². The van der Waals surface area contributed by atoms with Crippen molar-refractivity contribution in [3.8, 4) is 16.2 Å². The molecule has 9 heteroatoms. The van der Waals surface area contributed by atoms with Crippen LogP contribution in [0.2, 0.25) is 0 Å². The van der Waals surface area contributed by atoms with Crippen LogP contribution in [0.5, 0.6) is 5.75 Å². The van der Waals surface area contributed by atoms with Crippen molar-refractivity contribution in [3.63, 3.8) is 0 Å². The first-order valence-corrected chi connectivity index (χ1v) is 8.30. The number of hydrogen-bond acceptors (Lipinski definition) is 5. The highest BCUT2D eigenvalue weighted by atomic mass is 32.1. The molecule has 26 heavy (non-hydrogen) atoms. The van der Waals surface area contributed by atoms with E-state index in [0.29, 0.717) is 10.6 Å². The second kappa shape index (κ2) is 7.44. The van der Waals surface area contributed by atoms with Gasteiger partial charge in [0.2, 0.25) is 0 Å². The highest BCUT2D eigenvalue weighted by Crippen LogP contribution is 2.35. The number of carboxylic acids is 2. The third-order valence-corrected chi connectivity index (χ3v) is 4.68. The summed E-state index contributed by atoms with van der Waals surface area (Å²) in [7, 11) is 1.54. The molecule has 1 heterocycles. The van der Waals surface area contributed by atoms with E-state index in [1.807, 2.05) is 0 Å². The smallest absolute Gasteiger partial charge is 0.348 e. The molecule has 138 valence electrons. The monoisotopic (exact) mass is 378 g/mol. The summed E-state index contributed by atoms with van der Waals surface area (Å²) < 4.78 is 5.09. The van der Waals surface area contributed by atoms with Crippen LogP contribution >= 0.6 is 11.3 Å². The number of urea groups is 1. The molecule has 4 N–H and O–H groups in total. The highest BCUT2D eigenvalue weighted by molar-refractivity contribution is 7.18. The Bertz CT molecular complexity index is 841. The summed E-state index contributed by atoms with van der Waals surface area (Å²) in [6, 6.07) is 7.75. The number of thiophene rings is 1. The van der Waals surface area contributed by atoms with Crippen LogP contribution in [0.1, 0.15) is 23.5 Å². The zero-order valence-electron chi connectivity index (χ0n) is 14.3. The number of rotatable bonds is 6. The Labute approximate surface area is 153 Å². The van der Waals surface area contributed by atoms with Gasteiger partial charge in [0.25, 0.3) is 0 Å². The maximum absolute atomic E-state index is 12.0. The van der Waals surface area contributed by atoms with E-state index in [2.05, 4.69) is 10.6 Å². The van der Waals surface area contributed by atoms with Gasteiger partial charge in [0, 0.05) is 4.88 Å². The van der Waals surface area contributed by atoms with E-state index in [9.17, 15) is 19.5 Å². The van der Waals surface area contributed by atoms with E-state index in [1.54, 1.807) is 31.4 Å². The molecule has 0 fully saturated rings. The van der Waals surface area contributed by atoms with Crippen molar-refractivity contribution in [1.29, 1.82) is 0 Å². The first-order chi connectivity index (χ1) is 12.1. The molecule has 0 unspecified atom stereocenters. The summed E-state index contributed by atoms with van der Waals surface area (Å²) in [4.78, 5) is 35.2. The molecule has 1 aromatic heterocycles. The Kier molecular flexibility index (Phi) is 5.51. The maximum Gasteiger partial charge on any atom is 0.348 e. The fraction of sp³-hybridized carbons (Fsp3) is 0.235. The van der Waals surface area contributed by atoms with Crippen LogP contribution in [0, 0.1) is 0 Å². The molecule has 0 saturated carbocycles. The van der Waals surface area contributed by atoms with Gasteiger partial charge in [-0.15, -0.1) is 11.3 Å². The lowest BCUT2D eigenvalue weighted by molar-refractivity contribution is -0.142. The number of carboxylic acid groups (broad SMARTS) is 2. The zero-order chi connectivity index (χ0) is 19.5. The van der Waals surface area contributed by atoms with Gasteiger partial charge in [-0.3, -0.25) is 0 Å². The molecular formula is C17H18N2O6S. The van der Waals surface area contributed by atoms with Gasteiger partial charge in [0.1, 0.15) is 16.2 Å². The molecule has 2 rings (SSSR count). The van der Waals surface area contributed by atoms with Gasteiger partial charge in [-0.1, -0.05) is 0 Å². The first kappa shape index (κ1) is 19.3. The average molecular weight is 378 g/mol. The van der Waals surface area contributed by atoms with Crippen LogP contribution in [0.25, 0.3) is 10.4 Å². The predicted octanol–water partition coefficient (Wildman–Crippen LogP) is 3.11. The molecule has 0 aliphatic heterocycles. The molecule has 2 aromatic rings. The lowest BCUT2D eigenvalue weighted by Crippen LogP contribution is -2.51. The number of nitrogens with one attached hydrogen (secondary N) is 2. The summed E-state index contributed by atoms with van der Waals surface area (Å²) in [5.41, 5.74) is -0.646. The van der Waals surface area contributed by atoms with Gasteiger partial charge >= 0.3 is 18.0 Å². The lowest BCUT2D eigenvalue weighted by Gasteiger charge is -2.21. The lowest BCUT2D eigenvalue weighted by atomic mass is 10.1. The van der Waals surface area contributed by atoms with Crippen molar-refractivity contribution in [2.75, 3.05) is 12.4 Å². The molecule has 0 spiro atoms.